The third-order valence-corrected chi connectivity index (χ3v) is 3.93. The van der Waals surface area contributed by atoms with E-state index in [0.29, 0.717) is 5.69 Å². The molecule has 4 aromatic rings. The number of aromatic nitrogens is 3. The lowest BCUT2D eigenvalue weighted by atomic mass is 10.1. The maximum atomic E-state index is 10.1. The Bertz CT molecular complexity index is 1080. The van der Waals surface area contributed by atoms with Crippen LogP contribution in [0.1, 0.15) is 5.69 Å². The molecule has 4 rings (SSSR count). The molecule has 1 N–H and O–H groups in total. The molecule has 0 radical (unpaired) electrons. The summed E-state index contributed by atoms with van der Waals surface area (Å²) in [6.07, 6.45) is 0. The number of hydrogen-bond acceptors (Lipinski definition) is 4. The Morgan fingerprint density at radius 3 is 2.42 bits per heavy atom. The normalized spacial score (nSPS) is 10.6. The number of nitrogens with zero attached hydrogens (tertiary/aromatic N) is 4. The maximum Gasteiger partial charge on any atom is 0.191 e. The first kappa shape index (κ1) is 14.0. The van der Waals surface area contributed by atoms with E-state index in [9.17, 15) is 10.4 Å². The molecule has 0 aliphatic heterocycles. The van der Waals surface area contributed by atoms with Crippen LogP contribution in [0.15, 0.2) is 66.7 Å². The quantitative estimate of drug-likeness (QED) is 0.613. The zero-order valence-electron chi connectivity index (χ0n) is 12.6. The lowest BCUT2D eigenvalue weighted by Gasteiger charge is -2.10. The zero-order valence-corrected chi connectivity index (χ0v) is 12.6. The third-order valence-electron chi connectivity index (χ3n) is 3.93. The van der Waals surface area contributed by atoms with Crippen LogP contribution in [0.2, 0.25) is 0 Å². The van der Waals surface area contributed by atoms with Gasteiger partial charge in [0, 0.05) is 16.3 Å². The molecule has 0 aliphatic rings. The van der Waals surface area contributed by atoms with Gasteiger partial charge in [0.1, 0.15) is 17.5 Å². The van der Waals surface area contributed by atoms with Crippen molar-refractivity contribution in [3.63, 3.8) is 0 Å². The lowest BCUT2D eigenvalue weighted by molar-refractivity contribution is 0.481. The summed E-state index contributed by atoms with van der Waals surface area (Å²) in [5.41, 5.74) is 2.51. The monoisotopic (exact) mass is 312 g/mol. The van der Waals surface area contributed by atoms with E-state index in [1.54, 1.807) is 16.8 Å². The molecule has 0 amide bonds. The van der Waals surface area contributed by atoms with Crippen molar-refractivity contribution in [1.29, 1.82) is 5.26 Å². The Kier molecular flexibility index (Phi) is 3.22. The molecule has 0 aliphatic carbocycles. The van der Waals surface area contributed by atoms with E-state index in [2.05, 4.69) is 16.4 Å². The van der Waals surface area contributed by atoms with Crippen LogP contribution in [-0.4, -0.2) is 20.1 Å². The highest BCUT2D eigenvalue weighted by atomic mass is 16.3. The summed E-state index contributed by atoms with van der Waals surface area (Å²) >= 11 is 0. The molecule has 3 aromatic carbocycles. The minimum Gasteiger partial charge on any atom is -0.507 e. The van der Waals surface area contributed by atoms with Crippen molar-refractivity contribution in [2.24, 2.45) is 0 Å². The number of nitriles is 1. The molecule has 1 aromatic heterocycles. The van der Waals surface area contributed by atoms with E-state index in [-0.39, 0.29) is 11.4 Å². The number of hydrogen-bond donors (Lipinski definition) is 1. The molecule has 5 heteroatoms. The van der Waals surface area contributed by atoms with Crippen LogP contribution in [-0.2, 0) is 0 Å². The number of benzene rings is 3. The van der Waals surface area contributed by atoms with Crippen LogP contribution in [0.4, 0.5) is 0 Å². The van der Waals surface area contributed by atoms with Gasteiger partial charge in [-0.2, -0.15) is 5.26 Å². The van der Waals surface area contributed by atoms with Gasteiger partial charge in [0.2, 0.25) is 0 Å². The number of phenolic OH excluding ortho intramolecular Hbond substituents is 1. The molecule has 114 valence electrons. The molecule has 0 unspecified atom stereocenters. The van der Waals surface area contributed by atoms with Gasteiger partial charge in [0.15, 0.2) is 5.69 Å². The van der Waals surface area contributed by atoms with Gasteiger partial charge < -0.3 is 5.11 Å². The highest BCUT2D eigenvalue weighted by Gasteiger charge is 2.17. The molecule has 0 fully saturated rings. The molecule has 0 saturated heterocycles. The smallest absolute Gasteiger partial charge is 0.191 e. The molecule has 0 spiro atoms. The van der Waals surface area contributed by atoms with Gasteiger partial charge in [-0.05, 0) is 12.1 Å². The molecule has 0 bridgehead atoms. The summed E-state index contributed by atoms with van der Waals surface area (Å²) in [5, 5.41) is 29.2. The lowest BCUT2D eigenvalue weighted by Crippen LogP contribution is -2.00. The van der Waals surface area contributed by atoms with E-state index < -0.39 is 0 Å². The molecular formula is C19H12N4O. The van der Waals surface area contributed by atoms with Crippen molar-refractivity contribution in [2.45, 2.75) is 0 Å². The minimum atomic E-state index is 0.205. The van der Waals surface area contributed by atoms with Crippen LogP contribution in [0.3, 0.4) is 0 Å². The molecule has 0 saturated carbocycles. The van der Waals surface area contributed by atoms with Gasteiger partial charge in [0.05, 0.1) is 5.69 Å². The largest absolute Gasteiger partial charge is 0.507 e. The molecule has 24 heavy (non-hydrogen) atoms. The van der Waals surface area contributed by atoms with E-state index >= 15 is 0 Å². The molecule has 0 atom stereocenters. The summed E-state index contributed by atoms with van der Waals surface area (Å²) in [6, 6.07) is 22.6. The van der Waals surface area contributed by atoms with Crippen molar-refractivity contribution in [1.82, 2.24) is 15.0 Å². The van der Waals surface area contributed by atoms with Crippen molar-refractivity contribution in [2.75, 3.05) is 0 Å². The predicted molar refractivity (Wildman–Crippen MR) is 90.7 cm³/mol. The fraction of sp³-hybridized carbons (Fsp3) is 0. The third kappa shape index (κ3) is 2.09. The fourth-order valence-electron chi connectivity index (χ4n) is 2.84. The second-order valence-electron chi connectivity index (χ2n) is 5.33. The SMILES string of the molecule is N#Cc1nnn(-c2cccc3c(O)cccc23)c1-c1ccccc1. The highest BCUT2D eigenvalue weighted by molar-refractivity contribution is 5.94. The van der Waals surface area contributed by atoms with Crippen molar-refractivity contribution >= 4 is 10.8 Å². The summed E-state index contributed by atoms with van der Waals surface area (Å²) in [6.45, 7) is 0. The van der Waals surface area contributed by atoms with E-state index in [1.165, 1.54) is 0 Å². The van der Waals surface area contributed by atoms with Crippen LogP contribution in [0, 0.1) is 11.3 Å². The zero-order chi connectivity index (χ0) is 16.5. The Morgan fingerprint density at radius 2 is 1.62 bits per heavy atom. The van der Waals surface area contributed by atoms with E-state index in [0.717, 1.165) is 22.0 Å². The van der Waals surface area contributed by atoms with Crippen molar-refractivity contribution < 1.29 is 5.11 Å². The first-order valence-corrected chi connectivity index (χ1v) is 7.42. The average molecular weight is 312 g/mol. The Labute approximate surface area is 138 Å². The van der Waals surface area contributed by atoms with Crippen molar-refractivity contribution in [3.8, 4) is 28.8 Å². The first-order chi connectivity index (χ1) is 11.8. The molecule has 5 nitrogen and oxygen atoms in total. The van der Waals surface area contributed by atoms with Crippen LogP contribution < -0.4 is 0 Å². The topological polar surface area (TPSA) is 74.7 Å². The van der Waals surface area contributed by atoms with Gasteiger partial charge in [-0.3, -0.25) is 0 Å². The summed E-state index contributed by atoms with van der Waals surface area (Å²) in [4.78, 5) is 0. The maximum absolute atomic E-state index is 10.1. The summed E-state index contributed by atoms with van der Waals surface area (Å²) in [5.74, 6) is 0.205. The summed E-state index contributed by atoms with van der Waals surface area (Å²) < 4.78 is 1.65. The van der Waals surface area contributed by atoms with Gasteiger partial charge in [-0.1, -0.05) is 59.8 Å². The average Bonchev–Trinajstić information content (AvgIpc) is 3.06. The summed E-state index contributed by atoms with van der Waals surface area (Å²) in [7, 11) is 0. The second-order valence-corrected chi connectivity index (χ2v) is 5.33. The van der Waals surface area contributed by atoms with Gasteiger partial charge in [0.25, 0.3) is 0 Å². The van der Waals surface area contributed by atoms with Crippen molar-refractivity contribution in [3.05, 3.63) is 72.4 Å². The number of aromatic hydroxyl groups is 1. The highest BCUT2D eigenvalue weighted by Crippen LogP contribution is 2.32. The standard InChI is InChI=1S/C19H12N4O/c20-12-16-19(13-6-2-1-3-7-13)23(22-21-16)17-10-4-9-15-14(17)8-5-11-18(15)24/h1-11,24H. The Morgan fingerprint density at radius 1 is 0.875 bits per heavy atom. The van der Waals surface area contributed by atoms with E-state index in [1.807, 2.05) is 54.6 Å². The Hall–Kier alpha value is -3.65. The fourth-order valence-corrected chi connectivity index (χ4v) is 2.84. The number of fused-ring (bicyclic) bond motifs is 1. The number of phenols is 1. The molecule has 1 heterocycles. The second kappa shape index (κ2) is 5.52. The van der Waals surface area contributed by atoms with E-state index in [4.69, 9.17) is 0 Å². The van der Waals surface area contributed by atoms with Gasteiger partial charge >= 0.3 is 0 Å². The van der Waals surface area contributed by atoms with Crippen LogP contribution >= 0.6 is 0 Å². The first-order valence-electron chi connectivity index (χ1n) is 7.42. The van der Waals surface area contributed by atoms with Crippen LogP contribution in [0.5, 0.6) is 5.75 Å². The minimum absolute atomic E-state index is 0.205. The molecular weight excluding hydrogens is 300 g/mol. The predicted octanol–water partition coefficient (Wildman–Crippen LogP) is 3.66. The van der Waals surface area contributed by atoms with Crippen LogP contribution in [0.25, 0.3) is 27.7 Å². The van der Waals surface area contributed by atoms with Gasteiger partial charge in [-0.15, -0.1) is 5.10 Å². The Balaban J connectivity index is 2.05. The number of rotatable bonds is 2. The van der Waals surface area contributed by atoms with Gasteiger partial charge in [-0.25, -0.2) is 4.68 Å².